The monoisotopic (exact) mass is 320 g/mol. The maximum atomic E-state index is 6.49. The Balaban J connectivity index is 1.79. The molecule has 0 radical (unpaired) electrons. The van der Waals surface area contributed by atoms with E-state index in [1.165, 1.54) is 36.1 Å². The molecule has 2 aromatic rings. The van der Waals surface area contributed by atoms with Crippen molar-refractivity contribution in [1.82, 2.24) is 9.97 Å². The standard InChI is InChI=1S/C17H21ClN2S/c1-17(2,3)10-6-7-11-12(8-10)21-16-13(11)14(18)19-15(20-16)9-4-5-9/h9-10H,4-8H2,1-3H3. The van der Waals surface area contributed by atoms with Crippen LogP contribution in [0.5, 0.6) is 0 Å². The fraction of sp³-hybridized carbons (Fsp3) is 0.647. The Bertz CT molecular complexity index is 710. The Labute approximate surface area is 134 Å². The minimum Gasteiger partial charge on any atom is -0.222 e. The maximum absolute atomic E-state index is 6.49. The Morgan fingerprint density at radius 2 is 1.90 bits per heavy atom. The van der Waals surface area contributed by atoms with Crippen LogP contribution in [-0.4, -0.2) is 9.97 Å². The van der Waals surface area contributed by atoms with Gasteiger partial charge in [-0.1, -0.05) is 32.4 Å². The van der Waals surface area contributed by atoms with Crippen LogP contribution < -0.4 is 0 Å². The van der Waals surface area contributed by atoms with Gasteiger partial charge in [0.2, 0.25) is 0 Å². The van der Waals surface area contributed by atoms with Gasteiger partial charge in [-0.15, -0.1) is 11.3 Å². The van der Waals surface area contributed by atoms with Crippen molar-refractivity contribution in [1.29, 1.82) is 0 Å². The smallest absolute Gasteiger partial charge is 0.141 e. The summed E-state index contributed by atoms with van der Waals surface area (Å²) in [6, 6.07) is 0. The number of aryl methyl sites for hydroxylation is 1. The van der Waals surface area contributed by atoms with E-state index in [0.717, 1.165) is 28.4 Å². The number of nitrogens with zero attached hydrogens (tertiary/aromatic N) is 2. The molecule has 1 atom stereocenters. The first kappa shape index (κ1) is 14.0. The molecule has 0 bridgehead atoms. The predicted molar refractivity (Wildman–Crippen MR) is 89.4 cm³/mol. The number of aromatic nitrogens is 2. The molecule has 4 rings (SSSR count). The van der Waals surface area contributed by atoms with E-state index in [9.17, 15) is 0 Å². The van der Waals surface area contributed by atoms with Gasteiger partial charge in [0.1, 0.15) is 15.8 Å². The molecule has 0 amide bonds. The van der Waals surface area contributed by atoms with Crippen LogP contribution in [0.2, 0.25) is 5.15 Å². The van der Waals surface area contributed by atoms with Crippen LogP contribution in [0.4, 0.5) is 0 Å². The zero-order valence-electron chi connectivity index (χ0n) is 12.9. The van der Waals surface area contributed by atoms with Crippen LogP contribution >= 0.6 is 22.9 Å². The Morgan fingerprint density at radius 3 is 2.57 bits per heavy atom. The summed E-state index contributed by atoms with van der Waals surface area (Å²) >= 11 is 8.35. The molecule has 2 aliphatic rings. The van der Waals surface area contributed by atoms with Gasteiger partial charge >= 0.3 is 0 Å². The summed E-state index contributed by atoms with van der Waals surface area (Å²) in [5.74, 6) is 2.29. The van der Waals surface area contributed by atoms with E-state index < -0.39 is 0 Å². The van der Waals surface area contributed by atoms with E-state index in [0.29, 0.717) is 16.5 Å². The van der Waals surface area contributed by atoms with E-state index in [4.69, 9.17) is 16.6 Å². The Kier molecular flexibility index (Phi) is 3.10. The second-order valence-corrected chi connectivity index (χ2v) is 9.08. The maximum Gasteiger partial charge on any atom is 0.141 e. The molecular formula is C17H21ClN2S. The largest absolute Gasteiger partial charge is 0.222 e. The van der Waals surface area contributed by atoms with E-state index in [-0.39, 0.29) is 0 Å². The molecule has 112 valence electrons. The third-order valence-electron chi connectivity index (χ3n) is 5.05. The van der Waals surface area contributed by atoms with Crippen molar-refractivity contribution >= 4 is 33.2 Å². The van der Waals surface area contributed by atoms with Gasteiger partial charge in [0.05, 0.1) is 5.39 Å². The zero-order valence-corrected chi connectivity index (χ0v) is 14.4. The lowest BCUT2D eigenvalue weighted by molar-refractivity contribution is 0.218. The highest BCUT2D eigenvalue weighted by Gasteiger charge is 2.33. The van der Waals surface area contributed by atoms with Gasteiger partial charge in [0, 0.05) is 10.8 Å². The number of thiophene rings is 1. The van der Waals surface area contributed by atoms with Crippen LogP contribution in [0.1, 0.15) is 62.2 Å². The Morgan fingerprint density at radius 1 is 1.14 bits per heavy atom. The Hall–Kier alpha value is -0.670. The average Bonchev–Trinajstić information content (AvgIpc) is 3.17. The third-order valence-corrected chi connectivity index (χ3v) is 6.47. The first-order valence-electron chi connectivity index (χ1n) is 7.91. The SMILES string of the molecule is CC(C)(C)C1CCc2c(sc3nc(C4CC4)nc(Cl)c23)C1. The fourth-order valence-electron chi connectivity index (χ4n) is 3.41. The molecule has 0 N–H and O–H groups in total. The molecule has 4 heteroatoms. The predicted octanol–water partition coefficient (Wildman–Crippen LogP) is 5.37. The first-order chi connectivity index (χ1) is 9.93. The lowest BCUT2D eigenvalue weighted by Gasteiger charge is -2.33. The lowest BCUT2D eigenvalue weighted by Crippen LogP contribution is -2.26. The van der Waals surface area contributed by atoms with Gasteiger partial charge in [-0.3, -0.25) is 0 Å². The number of hydrogen-bond acceptors (Lipinski definition) is 3. The summed E-state index contributed by atoms with van der Waals surface area (Å²) in [5.41, 5.74) is 1.81. The quantitative estimate of drug-likeness (QED) is 0.660. The van der Waals surface area contributed by atoms with E-state index in [2.05, 4.69) is 25.8 Å². The van der Waals surface area contributed by atoms with Gasteiger partial charge in [0.15, 0.2) is 0 Å². The van der Waals surface area contributed by atoms with E-state index in [1.54, 1.807) is 0 Å². The highest BCUT2D eigenvalue weighted by Crippen LogP contribution is 2.46. The van der Waals surface area contributed by atoms with Crippen molar-refractivity contribution in [3.05, 3.63) is 21.4 Å². The summed E-state index contributed by atoms with van der Waals surface area (Å²) in [5, 5.41) is 1.84. The summed E-state index contributed by atoms with van der Waals surface area (Å²) in [6.07, 6.45) is 6.00. The molecule has 0 aromatic carbocycles. The molecule has 1 fully saturated rings. The highest BCUT2D eigenvalue weighted by molar-refractivity contribution is 7.19. The minimum atomic E-state index is 0.377. The molecule has 0 spiro atoms. The highest BCUT2D eigenvalue weighted by atomic mass is 35.5. The third kappa shape index (κ3) is 2.39. The summed E-state index contributed by atoms with van der Waals surface area (Å²) in [6.45, 7) is 7.07. The van der Waals surface area contributed by atoms with Crippen LogP contribution in [0, 0.1) is 11.3 Å². The summed E-state index contributed by atoms with van der Waals surface area (Å²) in [4.78, 5) is 12.0. The molecule has 21 heavy (non-hydrogen) atoms. The van der Waals surface area contributed by atoms with Crippen molar-refractivity contribution in [2.24, 2.45) is 11.3 Å². The van der Waals surface area contributed by atoms with Crippen molar-refractivity contribution in [2.45, 2.75) is 58.8 Å². The zero-order chi connectivity index (χ0) is 14.8. The molecule has 2 nitrogen and oxygen atoms in total. The normalized spacial score (nSPS) is 22.6. The molecule has 2 heterocycles. The average molecular weight is 321 g/mol. The van der Waals surface area contributed by atoms with E-state index >= 15 is 0 Å². The van der Waals surface area contributed by atoms with Gasteiger partial charge in [-0.2, -0.15) is 0 Å². The first-order valence-corrected chi connectivity index (χ1v) is 9.10. The minimum absolute atomic E-state index is 0.377. The number of halogens is 1. The molecule has 0 aliphatic heterocycles. The molecular weight excluding hydrogens is 300 g/mol. The topological polar surface area (TPSA) is 25.8 Å². The lowest BCUT2D eigenvalue weighted by atomic mass is 9.72. The van der Waals surface area contributed by atoms with Crippen LogP contribution in [0.3, 0.4) is 0 Å². The van der Waals surface area contributed by atoms with Gasteiger partial charge < -0.3 is 0 Å². The van der Waals surface area contributed by atoms with Gasteiger partial charge in [0.25, 0.3) is 0 Å². The van der Waals surface area contributed by atoms with Crippen molar-refractivity contribution < 1.29 is 0 Å². The number of fused-ring (bicyclic) bond motifs is 3. The van der Waals surface area contributed by atoms with Crippen LogP contribution in [0.15, 0.2) is 0 Å². The molecule has 0 saturated heterocycles. The summed E-state index contributed by atoms with van der Waals surface area (Å²) in [7, 11) is 0. The summed E-state index contributed by atoms with van der Waals surface area (Å²) < 4.78 is 0. The molecule has 1 unspecified atom stereocenters. The van der Waals surface area contributed by atoms with Crippen LogP contribution in [0.25, 0.3) is 10.2 Å². The van der Waals surface area contributed by atoms with Gasteiger partial charge in [-0.25, -0.2) is 9.97 Å². The van der Waals surface area contributed by atoms with Crippen molar-refractivity contribution in [3.63, 3.8) is 0 Å². The van der Waals surface area contributed by atoms with Crippen molar-refractivity contribution in [3.8, 4) is 0 Å². The second kappa shape index (κ2) is 4.66. The van der Waals surface area contributed by atoms with Crippen molar-refractivity contribution in [2.75, 3.05) is 0 Å². The molecule has 1 saturated carbocycles. The van der Waals surface area contributed by atoms with Crippen LogP contribution in [-0.2, 0) is 12.8 Å². The number of hydrogen-bond donors (Lipinski definition) is 0. The molecule has 2 aliphatic carbocycles. The van der Waals surface area contributed by atoms with E-state index in [1.807, 2.05) is 11.3 Å². The van der Waals surface area contributed by atoms with Gasteiger partial charge in [-0.05, 0) is 49.0 Å². The fourth-order valence-corrected chi connectivity index (χ4v) is 5.06. The molecule has 2 aromatic heterocycles. The second-order valence-electron chi connectivity index (χ2n) is 7.64. The number of rotatable bonds is 1.